The Balaban J connectivity index is 2.89. The number of aromatic nitrogens is 2. The molecule has 0 bridgehead atoms. The molecule has 0 radical (unpaired) electrons. The summed E-state index contributed by atoms with van der Waals surface area (Å²) in [5.41, 5.74) is 7.32. The Bertz CT molecular complexity index is 306. The Morgan fingerprint density at radius 2 is 2.19 bits per heavy atom. The number of hydrogen-bond donors (Lipinski definition) is 1. The van der Waals surface area contributed by atoms with Crippen LogP contribution in [0.1, 0.15) is 38.8 Å². The SMILES string of the molecule is CCCN(CC)C(c1cnn(C)c1)C(C)N. The van der Waals surface area contributed by atoms with Crippen molar-refractivity contribution in [2.45, 2.75) is 39.3 Å². The quantitative estimate of drug-likeness (QED) is 0.797. The van der Waals surface area contributed by atoms with Crippen LogP contribution in [0.2, 0.25) is 0 Å². The molecule has 0 spiro atoms. The molecular formula is C12H24N4. The molecule has 1 rings (SSSR count). The number of likely N-dealkylation sites (N-methyl/N-ethyl adjacent to an activating group) is 1. The molecule has 16 heavy (non-hydrogen) atoms. The molecule has 2 N–H and O–H groups in total. The van der Waals surface area contributed by atoms with Gasteiger partial charge in [0.2, 0.25) is 0 Å². The van der Waals surface area contributed by atoms with Crippen LogP contribution in [0.3, 0.4) is 0 Å². The van der Waals surface area contributed by atoms with Gasteiger partial charge in [0.1, 0.15) is 0 Å². The molecule has 1 heterocycles. The van der Waals surface area contributed by atoms with E-state index in [4.69, 9.17) is 5.73 Å². The van der Waals surface area contributed by atoms with Crippen molar-refractivity contribution in [3.05, 3.63) is 18.0 Å². The van der Waals surface area contributed by atoms with Gasteiger partial charge < -0.3 is 5.73 Å². The Hall–Kier alpha value is -0.870. The fraction of sp³-hybridized carbons (Fsp3) is 0.750. The molecule has 0 aliphatic heterocycles. The Morgan fingerprint density at radius 1 is 1.50 bits per heavy atom. The van der Waals surface area contributed by atoms with Crippen LogP contribution in [0.5, 0.6) is 0 Å². The summed E-state index contributed by atoms with van der Waals surface area (Å²) in [6.45, 7) is 8.55. The third kappa shape index (κ3) is 3.06. The predicted octanol–water partition coefficient (Wildman–Crippen LogP) is 1.54. The summed E-state index contributed by atoms with van der Waals surface area (Å²) in [5, 5.41) is 4.23. The van der Waals surface area contributed by atoms with Crippen LogP contribution in [-0.4, -0.2) is 33.8 Å². The lowest BCUT2D eigenvalue weighted by atomic mass is 10.0. The van der Waals surface area contributed by atoms with Crippen molar-refractivity contribution < 1.29 is 0 Å². The fourth-order valence-electron chi connectivity index (χ4n) is 2.22. The molecule has 2 unspecified atom stereocenters. The first-order chi connectivity index (χ1) is 7.60. The van der Waals surface area contributed by atoms with Crippen LogP contribution in [-0.2, 0) is 7.05 Å². The zero-order valence-corrected chi connectivity index (χ0v) is 10.8. The monoisotopic (exact) mass is 224 g/mol. The highest BCUT2D eigenvalue weighted by molar-refractivity contribution is 5.13. The first-order valence-electron chi connectivity index (χ1n) is 6.08. The largest absolute Gasteiger partial charge is 0.326 e. The number of rotatable bonds is 6. The Labute approximate surface area is 98.4 Å². The molecular weight excluding hydrogens is 200 g/mol. The van der Waals surface area contributed by atoms with Gasteiger partial charge in [-0.2, -0.15) is 5.10 Å². The van der Waals surface area contributed by atoms with Crippen LogP contribution in [0.4, 0.5) is 0 Å². The Morgan fingerprint density at radius 3 is 2.56 bits per heavy atom. The molecule has 2 atom stereocenters. The van der Waals surface area contributed by atoms with E-state index in [2.05, 4.69) is 37.0 Å². The highest BCUT2D eigenvalue weighted by Crippen LogP contribution is 2.22. The molecule has 0 aromatic carbocycles. The minimum absolute atomic E-state index is 0.121. The van der Waals surface area contributed by atoms with Crippen molar-refractivity contribution in [2.24, 2.45) is 12.8 Å². The molecule has 1 aromatic heterocycles. The van der Waals surface area contributed by atoms with Crippen molar-refractivity contribution in [1.82, 2.24) is 14.7 Å². The van der Waals surface area contributed by atoms with Crippen LogP contribution < -0.4 is 5.73 Å². The molecule has 0 aliphatic rings. The van der Waals surface area contributed by atoms with E-state index in [-0.39, 0.29) is 12.1 Å². The van der Waals surface area contributed by atoms with Gasteiger partial charge in [0.25, 0.3) is 0 Å². The zero-order valence-electron chi connectivity index (χ0n) is 10.8. The van der Waals surface area contributed by atoms with Gasteiger partial charge in [0, 0.05) is 24.8 Å². The van der Waals surface area contributed by atoms with Crippen LogP contribution in [0, 0.1) is 0 Å². The fourth-order valence-corrected chi connectivity index (χ4v) is 2.22. The normalized spacial score (nSPS) is 15.4. The van der Waals surface area contributed by atoms with E-state index in [0.29, 0.717) is 0 Å². The van der Waals surface area contributed by atoms with E-state index in [1.54, 1.807) is 0 Å². The van der Waals surface area contributed by atoms with Gasteiger partial charge in [-0.05, 0) is 26.4 Å². The van der Waals surface area contributed by atoms with Crippen molar-refractivity contribution in [3.63, 3.8) is 0 Å². The number of hydrogen-bond acceptors (Lipinski definition) is 3. The van der Waals surface area contributed by atoms with E-state index in [1.807, 2.05) is 17.9 Å². The topological polar surface area (TPSA) is 47.1 Å². The highest BCUT2D eigenvalue weighted by atomic mass is 15.3. The summed E-state index contributed by atoms with van der Waals surface area (Å²) in [6, 6.07) is 0.398. The van der Waals surface area contributed by atoms with Crippen molar-refractivity contribution >= 4 is 0 Å². The van der Waals surface area contributed by atoms with E-state index >= 15 is 0 Å². The highest BCUT2D eigenvalue weighted by Gasteiger charge is 2.23. The van der Waals surface area contributed by atoms with Crippen LogP contribution in [0.15, 0.2) is 12.4 Å². The summed E-state index contributed by atoms with van der Waals surface area (Å²) in [4.78, 5) is 2.42. The molecule has 0 aliphatic carbocycles. The maximum atomic E-state index is 6.11. The summed E-state index contributed by atoms with van der Waals surface area (Å²) < 4.78 is 1.84. The third-order valence-electron chi connectivity index (χ3n) is 2.87. The minimum Gasteiger partial charge on any atom is -0.326 e. The van der Waals surface area contributed by atoms with Crippen LogP contribution >= 0.6 is 0 Å². The van der Waals surface area contributed by atoms with Gasteiger partial charge in [-0.25, -0.2) is 0 Å². The number of nitrogens with two attached hydrogens (primary N) is 1. The van der Waals surface area contributed by atoms with Gasteiger partial charge >= 0.3 is 0 Å². The molecule has 4 heteroatoms. The molecule has 0 saturated heterocycles. The molecule has 1 aromatic rings. The molecule has 92 valence electrons. The van der Waals surface area contributed by atoms with E-state index in [9.17, 15) is 0 Å². The number of nitrogens with zero attached hydrogens (tertiary/aromatic N) is 3. The predicted molar refractivity (Wildman–Crippen MR) is 67.1 cm³/mol. The first-order valence-corrected chi connectivity index (χ1v) is 6.08. The smallest absolute Gasteiger partial charge is 0.0538 e. The summed E-state index contributed by atoms with van der Waals surface area (Å²) >= 11 is 0. The second-order valence-corrected chi connectivity index (χ2v) is 4.38. The average Bonchev–Trinajstić information content (AvgIpc) is 2.63. The van der Waals surface area contributed by atoms with E-state index in [1.165, 1.54) is 5.56 Å². The lowest BCUT2D eigenvalue weighted by Crippen LogP contribution is -2.39. The third-order valence-corrected chi connectivity index (χ3v) is 2.87. The summed E-state index contributed by atoms with van der Waals surface area (Å²) in [7, 11) is 1.94. The first kappa shape index (κ1) is 13.2. The van der Waals surface area contributed by atoms with Gasteiger partial charge in [-0.1, -0.05) is 13.8 Å². The minimum atomic E-state index is 0.121. The Kier molecular flexibility index (Phi) is 4.96. The lowest BCUT2D eigenvalue weighted by Gasteiger charge is -2.32. The second kappa shape index (κ2) is 6.01. The maximum absolute atomic E-state index is 6.11. The zero-order chi connectivity index (χ0) is 12.1. The second-order valence-electron chi connectivity index (χ2n) is 4.38. The molecule has 0 fully saturated rings. The van der Waals surface area contributed by atoms with Gasteiger partial charge in [0.15, 0.2) is 0 Å². The van der Waals surface area contributed by atoms with Crippen molar-refractivity contribution in [1.29, 1.82) is 0 Å². The summed E-state index contributed by atoms with van der Waals surface area (Å²) in [5.74, 6) is 0. The molecule has 0 saturated carbocycles. The summed E-state index contributed by atoms with van der Waals surface area (Å²) in [6.07, 6.45) is 5.13. The van der Waals surface area contributed by atoms with Gasteiger partial charge in [-0.3, -0.25) is 9.58 Å². The van der Waals surface area contributed by atoms with Gasteiger partial charge in [-0.15, -0.1) is 0 Å². The van der Waals surface area contributed by atoms with E-state index < -0.39 is 0 Å². The van der Waals surface area contributed by atoms with Gasteiger partial charge in [0.05, 0.1) is 12.2 Å². The lowest BCUT2D eigenvalue weighted by molar-refractivity contribution is 0.186. The average molecular weight is 224 g/mol. The standard InChI is InChI=1S/C12H24N4/c1-5-7-16(6-2)12(10(3)13)11-8-14-15(4)9-11/h8-10,12H,5-7,13H2,1-4H3. The molecule has 4 nitrogen and oxygen atoms in total. The molecule has 0 amide bonds. The van der Waals surface area contributed by atoms with Crippen molar-refractivity contribution in [3.8, 4) is 0 Å². The van der Waals surface area contributed by atoms with Crippen LogP contribution in [0.25, 0.3) is 0 Å². The number of aryl methyl sites for hydroxylation is 1. The maximum Gasteiger partial charge on any atom is 0.0538 e. The van der Waals surface area contributed by atoms with Crippen molar-refractivity contribution in [2.75, 3.05) is 13.1 Å². The van der Waals surface area contributed by atoms with E-state index in [0.717, 1.165) is 19.5 Å².